The highest BCUT2D eigenvalue weighted by Crippen LogP contribution is 2.48. The van der Waals surface area contributed by atoms with Crippen LogP contribution in [0.5, 0.6) is 0 Å². The first-order valence-corrected chi connectivity index (χ1v) is 13.4. The number of rotatable bonds is 7. The maximum absolute atomic E-state index is 13.4. The predicted octanol–water partition coefficient (Wildman–Crippen LogP) is 3.66. The van der Waals surface area contributed by atoms with Gasteiger partial charge in [0.2, 0.25) is 5.89 Å². The first-order chi connectivity index (χ1) is 19.1. The Morgan fingerprint density at radius 2 is 1.93 bits per heavy atom. The van der Waals surface area contributed by atoms with Crippen molar-refractivity contribution in [1.82, 2.24) is 24.9 Å². The maximum Gasteiger partial charge on any atom is 0.255 e. The molecule has 7 rings (SSSR count). The molecule has 2 bridgehead atoms. The third kappa shape index (κ3) is 4.80. The average Bonchev–Trinajstić information content (AvgIpc) is 3.60. The molecule has 0 radical (unpaired) electrons. The summed E-state index contributed by atoms with van der Waals surface area (Å²) in [5, 5.41) is 41.0. The molecule has 4 aromatic heterocycles. The van der Waals surface area contributed by atoms with E-state index in [0.717, 1.165) is 49.7 Å². The van der Waals surface area contributed by atoms with Crippen molar-refractivity contribution in [3.8, 4) is 17.5 Å². The number of aromatic nitrogens is 4. The van der Waals surface area contributed by atoms with Crippen LogP contribution < -0.4 is 10.6 Å². The van der Waals surface area contributed by atoms with Crippen molar-refractivity contribution in [3.05, 3.63) is 65.6 Å². The van der Waals surface area contributed by atoms with Crippen LogP contribution in [0.2, 0.25) is 0 Å². The van der Waals surface area contributed by atoms with Gasteiger partial charge < -0.3 is 25.3 Å². The van der Waals surface area contributed by atoms with Gasteiger partial charge in [0, 0.05) is 11.7 Å². The Kier molecular flexibility index (Phi) is 6.12. The minimum absolute atomic E-state index is 0.0444. The zero-order valence-electron chi connectivity index (χ0n) is 22.4. The lowest BCUT2D eigenvalue weighted by Crippen LogP contribution is -2.54. The molecule has 1 amide bonds. The number of amides is 1. The second-order valence-electron chi connectivity index (χ2n) is 11.5. The van der Waals surface area contributed by atoms with Gasteiger partial charge in [-0.2, -0.15) is 10.4 Å². The Balaban J connectivity index is 1.32. The average molecular weight is 542 g/mol. The van der Waals surface area contributed by atoms with Gasteiger partial charge >= 0.3 is 0 Å². The summed E-state index contributed by atoms with van der Waals surface area (Å²) in [4.78, 5) is 22.3. The summed E-state index contributed by atoms with van der Waals surface area (Å²) in [5.41, 5.74) is 2.03. The maximum atomic E-state index is 13.4. The van der Waals surface area contributed by atoms with Crippen molar-refractivity contribution >= 4 is 17.1 Å². The lowest BCUT2D eigenvalue weighted by molar-refractivity contribution is -0.0580. The van der Waals surface area contributed by atoms with E-state index in [1.165, 1.54) is 12.5 Å². The largest absolute Gasteiger partial charge is 0.447 e. The molecule has 40 heavy (non-hydrogen) atoms. The number of carbonyl (C=O) groups is 1. The van der Waals surface area contributed by atoms with Crippen molar-refractivity contribution in [2.75, 3.05) is 5.32 Å². The fourth-order valence-electron chi connectivity index (χ4n) is 5.70. The van der Waals surface area contributed by atoms with E-state index in [4.69, 9.17) is 4.42 Å². The number of nitrogens with zero attached hydrogens (tertiary/aromatic N) is 5. The quantitative estimate of drug-likeness (QED) is 0.273. The molecule has 4 N–H and O–H groups in total. The molecule has 0 atom stereocenters. The molecule has 3 fully saturated rings. The first kappa shape index (κ1) is 26.0. The third-order valence-electron chi connectivity index (χ3n) is 8.23. The van der Waals surface area contributed by atoms with E-state index < -0.39 is 11.2 Å². The van der Waals surface area contributed by atoms with Gasteiger partial charge in [-0.3, -0.25) is 9.78 Å². The lowest BCUT2D eigenvalue weighted by Gasteiger charge is -2.51. The van der Waals surface area contributed by atoms with Crippen LogP contribution in [0.4, 0.5) is 5.69 Å². The number of carbonyl (C=O) groups excluding carboxylic acids is 1. The Morgan fingerprint density at radius 3 is 2.60 bits per heavy atom. The third-order valence-corrected chi connectivity index (χ3v) is 8.23. The van der Waals surface area contributed by atoms with E-state index in [9.17, 15) is 20.3 Å². The van der Waals surface area contributed by atoms with Gasteiger partial charge in [0.15, 0.2) is 0 Å². The molecule has 3 aliphatic rings. The van der Waals surface area contributed by atoms with Crippen LogP contribution in [-0.4, -0.2) is 46.8 Å². The Hall–Kier alpha value is -4.27. The van der Waals surface area contributed by atoms with Crippen molar-refractivity contribution in [1.29, 1.82) is 5.26 Å². The minimum Gasteiger partial charge on any atom is -0.447 e. The molecule has 0 spiro atoms. The summed E-state index contributed by atoms with van der Waals surface area (Å²) in [7, 11) is 0. The van der Waals surface area contributed by atoms with Crippen molar-refractivity contribution in [3.63, 3.8) is 0 Å². The van der Waals surface area contributed by atoms with E-state index in [-0.39, 0.29) is 23.9 Å². The van der Waals surface area contributed by atoms with Gasteiger partial charge in [0.25, 0.3) is 5.91 Å². The second-order valence-corrected chi connectivity index (χ2v) is 11.5. The van der Waals surface area contributed by atoms with Gasteiger partial charge in [-0.15, -0.1) is 0 Å². The molecule has 0 saturated heterocycles. The molecular formula is C29H31N7O4. The number of pyridine rings is 1. The van der Waals surface area contributed by atoms with Crippen LogP contribution in [0.15, 0.2) is 47.3 Å². The molecule has 206 valence electrons. The van der Waals surface area contributed by atoms with E-state index in [2.05, 4.69) is 31.8 Å². The highest BCUT2D eigenvalue weighted by Gasteiger charge is 2.48. The van der Waals surface area contributed by atoms with E-state index in [1.54, 1.807) is 30.6 Å². The van der Waals surface area contributed by atoms with Crippen molar-refractivity contribution in [2.45, 2.75) is 75.7 Å². The predicted molar refractivity (Wildman–Crippen MR) is 145 cm³/mol. The number of hydrogen-bond acceptors (Lipinski definition) is 9. The second kappa shape index (κ2) is 9.43. The number of oxazole rings is 1. The number of nitrogens with one attached hydrogen (secondary N) is 2. The van der Waals surface area contributed by atoms with Crippen LogP contribution in [-0.2, 0) is 12.1 Å². The van der Waals surface area contributed by atoms with Crippen molar-refractivity contribution < 1.29 is 19.4 Å². The SMILES string of the molecule is CC(C)(O)c1coc(CNC(=O)c2cnc(-c3ccc4cc(C#N)cnn34)cc2NC23CCC(O)(CC2)CC3)n1. The molecular weight excluding hydrogens is 510 g/mol. The molecule has 11 nitrogen and oxygen atoms in total. The summed E-state index contributed by atoms with van der Waals surface area (Å²) in [6.45, 7) is 3.27. The Morgan fingerprint density at radius 1 is 1.18 bits per heavy atom. The molecule has 4 aromatic rings. The van der Waals surface area contributed by atoms with Crippen LogP contribution in [0, 0.1) is 11.3 Å². The lowest BCUT2D eigenvalue weighted by atomic mass is 9.63. The van der Waals surface area contributed by atoms with Crippen LogP contribution >= 0.6 is 0 Å². The smallest absolute Gasteiger partial charge is 0.255 e. The minimum atomic E-state index is -1.15. The highest BCUT2D eigenvalue weighted by molar-refractivity contribution is 6.00. The topological polar surface area (TPSA) is 162 Å². The number of aliphatic hydroxyl groups is 2. The normalized spacial score (nSPS) is 22.3. The number of hydrogen-bond donors (Lipinski definition) is 4. The molecule has 11 heteroatoms. The number of nitriles is 1. The Bertz CT molecular complexity index is 1620. The summed E-state index contributed by atoms with van der Waals surface area (Å²) < 4.78 is 7.15. The van der Waals surface area contributed by atoms with Crippen LogP contribution in [0.3, 0.4) is 0 Å². The van der Waals surface area contributed by atoms with Gasteiger partial charge in [-0.05, 0) is 76.6 Å². The molecule has 0 unspecified atom stereocenters. The van der Waals surface area contributed by atoms with E-state index in [0.29, 0.717) is 28.2 Å². The summed E-state index contributed by atoms with van der Waals surface area (Å²) >= 11 is 0. The summed E-state index contributed by atoms with van der Waals surface area (Å²) in [6, 6.07) is 9.48. The highest BCUT2D eigenvalue weighted by atomic mass is 16.3. The van der Waals surface area contributed by atoms with E-state index in [1.807, 2.05) is 18.2 Å². The monoisotopic (exact) mass is 541 g/mol. The molecule has 0 aromatic carbocycles. The summed E-state index contributed by atoms with van der Waals surface area (Å²) in [5.74, 6) is -0.0645. The van der Waals surface area contributed by atoms with Crippen LogP contribution in [0.1, 0.15) is 79.9 Å². The standard InChI is InChI=1S/C29H31N7O4/c1-27(2,38)24-17-40-25(34-24)16-32-26(37)20-15-31-22(23-4-3-19-11-18(13-30)14-33-36(19)23)12-21(20)35-28-5-8-29(39,9-6-28)10-7-28/h3-4,11-12,14-15,17,38-39H,5-10,16H2,1-2H3,(H,31,35)(H,32,37). The number of anilines is 1. The fraction of sp³-hybridized carbons (Fsp3) is 0.414. The zero-order chi connectivity index (χ0) is 28.1. The molecule has 0 aliphatic heterocycles. The van der Waals surface area contributed by atoms with Crippen LogP contribution in [0.25, 0.3) is 16.9 Å². The molecule has 3 saturated carbocycles. The molecule has 3 aliphatic carbocycles. The first-order valence-electron chi connectivity index (χ1n) is 13.4. The fourth-order valence-corrected chi connectivity index (χ4v) is 5.70. The van der Waals surface area contributed by atoms with Gasteiger partial charge in [-0.25, -0.2) is 9.50 Å². The van der Waals surface area contributed by atoms with Gasteiger partial charge in [0.1, 0.15) is 23.6 Å². The van der Waals surface area contributed by atoms with Crippen molar-refractivity contribution in [2.24, 2.45) is 0 Å². The van der Waals surface area contributed by atoms with Gasteiger partial charge in [-0.1, -0.05) is 0 Å². The summed E-state index contributed by atoms with van der Waals surface area (Å²) in [6.07, 6.45) is 9.04. The zero-order valence-corrected chi connectivity index (χ0v) is 22.4. The number of fused-ring (bicyclic) bond motifs is 4. The molecule has 4 heterocycles. The van der Waals surface area contributed by atoms with Gasteiger partial charge in [0.05, 0.1) is 52.1 Å². The Labute approximate surface area is 230 Å². The van der Waals surface area contributed by atoms with E-state index >= 15 is 0 Å².